The molecule has 3 aromatic heterocycles. The minimum atomic E-state index is -0.243. The summed E-state index contributed by atoms with van der Waals surface area (Å²) in [6.07, 6.45) is 4.75. The Labute approximate surface area is 191 Å². The number of ether oxygens (including phenoxy) is 1. The van der Waals surface area contributed by atoms with Crippen LogP contribution in [-0.4, -0.2) is 44.2 Å². The van der Waals surface area contributed by atoms with Gasteiger partial charge in [0.1, 0.15) is 5.75 Å². The number of nitrogens with zero attached hydrogens (tertiary/aromatic N) is 4. The number of methoxy groups -OCH3 is 1. The molecule has 0 radical (unpaired) electrons. The van der Waals surface area contributed by atoms with Gasteiger partial charge in [-0.2, -0.15) is 11.8 Å². The van der Waals surface area contributed by atoms with Gasteiger partial charge in [-0.3, -0.25) is 9.20 Å². The Morgan fingerprint density at radius 3 is 2.78 bits per heavy atom. The van der Waals surface area contributed by atoms with E-state index in [0.717, 1.165) is 46.5 Å². The molecule has 0 aliphatic carbocycles. The van der Waals surface area contributed by atoms with E-state index < -0.39 is 0 Å². The molecule has 1 N–H and O–H groups in total. The summed E-state index contributed by atoms with van der Waals surface area (Å²) >= 11 is 1.74. The third-order valence-electron chi connectivity index (χ3n) is 5.56. The minimum Gasteiger partial charge on any atom is -0.497 e. The zero-order valence-corrected chi connectivity index (χ0v) is 19.5. The number of carbonyl (C=O) groups is 1. The lowest BCUT2D eigenvalue weighted by atomic mass is 10.1. The van der Waals surface area contributed by atoms with Crippen LogP contribution in [0.1, 0.15) is 40.0 Å². The zero-order chi connectivity index (χ0) is 22.7. The Bertz CT molecular complexity index is 1250. The molecule has 1 amide bonds. The number of nitrogens with one attached hydrogen (secondary N) is 1. The lowest BCUT2D eigenvalue weighted by Gasteiger charge is -2.17. The maximum atomic E-state index is 13.4. The molecule has 1 aromatic carbocycles. The van der Waals surface area contributed by atoms with Crippen LogP contribution >= 0.6 is 11.8 Å². The molecule has 3 heterocycles. The van der Waals surface area contributed by atoms with Crippen LogP contribution in [0.25, 0.3) is 11.3 Å². The van der Waals surface area contributed by atoms with Crippen molar-refractivity contribution in [1.82, 2.24) is 24.5 Å². The van der Waals surface area contributed by atoms with Crippen LogP contribution in [0.4, 0.5) is 0 Å². The van der Waals surface area contributed by atoms with E-state index in [1.165, 1.54) is 0 Å². The van der Waals surface area contributed by atoms with E-state index in [2.05, 4.69) is 26.3 Å². The predicted octanol–water partition coefficient (Wildman–Crippen LogP) is 4.37. The number of aryl methyl sites for hydroxylation is 1. The monoisotopic (exact) mass is 449 g/mol. The molecule has 4 rings (SSSR count). The maximum absolute atomic E-state index is 13.4. The van der Waals surface area contributed by atoms with Gasteiger partial charge in [0.25, 0.3) is 5.91 Å². The zero-order valence-electron chi connectivity index (χ0n) is 18.7. The first-order valence-electron chi connectivity index (χ1n) is 10.5. The summed E-state index contributed by atoms with van der Waals surface area (Å²) in [5, 5.41) is 11.8. The first-order valence-corrected chi connectivity index (χ1v) is 11.9. The summed E-state index contributed by atoms with van der Waals surface area (Å²) in [4.78, 5) is 13.4. The molecule has 0 bridgehead atoms. The number of hydrogen-bond acceptors (Lipinski definition) is 5. The average molecular weight is 450 g/mol. The largest absolute Gasteiger partial charge is 0.497 e. The summed E-state index contributed by atoms with van der Waals surface area (Å²) in [5.74, 6) is 2.29. The first kappa shape index (κ1) is 22.0. The van der Waals surface area contributed by atoms with Gasteiger partial charge in [0.15, 0.2) is 11.5 Å². The molecule has 32 heavy (non-hydrogen) atoms. The average Bonchev–Trinajstić information content (AvgIpc) is 3.37. The highest BCUT2D eigenvalue weighted by Gasteiger charge is 2.23. The summed E-state index contributed by atoms with van der Waals surface area (Å²) < 4.78 is 9.37. The Kier molecular flexibility index (Phi) is 6.50. The number of benzene rings is 1. The van der Waals surface area contributed by atoms with Gasteiger partial charge in [-0.15, -0.1) is 10.2 Å². The molecule has 0 saturated heterocycles. The molecule has 0 aliphatic rings. The van der Waals surface area contributed by atoms with E-state index in [1.54, 1.807) is 18.9 Å². The van der Waals surface area contributed by atoms with Gasteiger partial charge < -0.3 is 14.6 Å². The molecule has 1 unspecified atom stereocenters. The number of aromatic nitrogens is 4. The highest BCUT2D eigenvalue weighted by atomic mass is 32.2. The minimum absolute atomic E-state index is 0.119. The lowest BCUT2D eigenvalue weighted by Crippen LogP contribution is -2.30. The molecule has 7 nitrogen and oxygen atoms in total. The highest BCUT2D eigenvalue weighted by molar-refractivity contribution is 7.98. The van der Waals surface area contributed by atoms with E-state index >= 15 is 0 Å². The van der Waals surface area contributed by atoms with Crippen molar-refractivity contribution in [3.63, 3.8) is 0 Å². The summed E-state index contributed by atoms with van der Waals surface area (Å²) in [7, 11) is 1.65. The Hall–Kier alpha value is -3.26. The van der Waals surface area contributed by atoms with E-state index in [1.807, 2.05) is 73.0 Å². The second-order valence-electron chi connectivity index (χ2n) is 7.62. The molecular weight excluding hydrogens is 422 g/mol. The van der Waals surface area contributed by atoms with Crippen molar-refractivity contribution in [2.24, 2.45) is 0 Å². The molecule has 0 saturated carbocycles. The molecule has 0 aliphatic heterocycles. The Balaban J connectivity index is 1.65. The standard InChI is InChI=1S/C24H27N5O2S/c1-16-14-20(17(2)29(16)18-8-7-9-19(15-18)31-3)24(30)25-21(11-13-32-4)23-27-26-22-10-5-6-12-28(22)23/h5-10,12,14-15,21H,11,13H2,1-4H3,(H,25,30). The third kappa shape index (κ3) is 4.23. The molecule has 0 spiro atoms. The summed E-state index contributed by atoms with van der Waals surface area (Å²) in [6.45, 7) is 3.96. The topological polar surface area (TPSA) is 73.4 Å². The number of fused-ring (bicyclic) bond motifs is 1. The molecule has 4 aromatic rings. The number of hydrogen-bond donors (Lipinski definition) is 1. The summed E-state index contributed by atoms with van der Waals surface area (Å²) in [6, 6.07) is 15.3. The van der Waals surface area contributed by atoms with Crippen LogP contribution < -0.4 is 10.1 Å². The van der Waals surface area contributed by atoms with Crippen molar-refractivity contribution in [1.29, 1.82) is 0 Å². The van der Waals surface area contributed by atoms with Gasteiger partial charge in [0.05, 0.1) is 18.7 Å². The third-order valence-corrected chi connectivity index (χ3v) is 6.20. The quantitative estimate of drug-likeness (QED) is 0.432. The number of thioether (sulfide) groups is 1. The number of amides is 1. The fourth-order valence-electron chi connectivity index (χ4n) is 3.97. The SMILES string of the molecule is COc1cccc(-n2c(C)cc(C(=O)NC(CCSC)c3nnc4ccccn34)c2C)c1. The fraction of sp³-hybridized carbons (Fsp3) is 0.292. The summed E-state index contributed by atoms with van der Waals surface area (Å²) in [5.41, 5.74) is 4.23. The van der Waals surface area contributed by atoms with Crippen molar-refractivity contribution in [2.45, 2.75) is 26.3 Å². The Morgan fingerprint density at radius 2 is 2.00 bits per heavy atom. The second-order valence-corrected chi connectivity index (χ2v) is 8.60. The molecule has 0 fully saturated rings. The highest BCUT2D eigenvalue weighted by Crippen LogP contribution is 2.25. The molecule has 1 atom stereocenters. The number of rotatable bonds is 8. The van der Waals surface area contributed by atoms with Crippen molar-refractivity contribution in [3.05, 3.63) is 77.5 Å². The van der Waals surface area contributed by atoms with E-state index in [9.17, 15) is 4.79 Å². The fourth-order valence-corrected chi connectivity index (χ4v) is 4.45. The smallest absolute Gasteiger partial charge is 0.253 e. The van der Waals surface area contributed by atoms with Gasteiger partial charge in [-0.25, -0.2) is 0 Å². The predicted molar refractivity (Wildman–Crippen MR) is 128 cm³/mol. The van der Waals surface area contributed by atoms with Crippen molar-refractivity contribution in [2.75, 3.05) is 19.1 Å². The number of pyridine rings is 1. The Morgan fingerprint density at radius 1 is 1.16 bits per heavy atom. The lowest BCUT2D eigenvalue weighted by molar-refractivity contribution is 0.0933. The van der Waals surface area contributed by atoms with E-state index in [4.69, 9.17) is 4.74 Å². The van der Waals surface area contributed by atoms with Gasteiger partial charge in [-0.05, 0) is 62.6 Å². The van der Waals surface area contributed by atoms with Crippen LogP contribution in [0, 0.1) is 13.8 Å². The van der Waals surface area contributed by atoms with Crippen LogP contribution in [0.15, 0.2) is 54.7 Å². The van der Waals surface area contributed by atoms with Crippen molar-refractivity contribution >= 4 is 23.3 Å². The number of carbonyl (C=O) groups excluding carboxylic acids is 1. The van der Waals surface area contributed by atoms with Gasteiger partial charge in [-0.1, -0.05) is 12.1 Å². The van der Waals surface area contributed by atoms with Crippen molar-refractivity contribution < 1.29 is 9.53 Å². The first-order chi connectivity index (χ1) is 15.5. The van der Waals surface area contributed by atoms with Gasteiger partial charge in [0, 0.05) is 29.3 Å². The normalized spacial score (nSPS) is 12.1. The molecule has 166 valence electrons. The van der Waals surface area contributed by atoms with Crippen LogP contribution in [0.3, 0.4) is 0 Å². The molecule has 8 heteroatoms. The maximum Gasteiger partial charge on any atom is 0.253 e. The van der Waals surface area contributed by atoms with Crippen LogP contribution in [-0.2, 0) is 0 Å². The second kappa shape index (κ2) is 9.48. The van der Waals surface area contributed by atoms with Crippen molar-refractivity contribution in [3.8, 4) is 11.4 Å². The van der Waals surface area contributed by atoms with E-state index in [-0.39, 0.29) is 11.9 Å². The van der Waals surface area contributed by atoms with Crippen LogP contribution in [0.5, 0.6) is 5.75 Å². The van der Waals surface area contributed by atoms with Crippen LogP contribution in [0.2, 0.25) is 0 Å². The van der Waals surface area contributed by atoms with Gasteiger partial charge in [0.2, 0.25) is 0 Å². The molecular formula is C24H27N5O2S. The van der Waals surface area contributed by atoms with Gasteiger partial charge >= 0.3 is 0 Å². The van der Waals surface area contributed by atoms with E-state index in [0.29, 0.717) is 5.56 Å².